The Morgan fingerprint density at radius 3 is 2.94 bits per heavy atom. The third-order valence-electron chi connectivity index (χ3n) is 3.16. The molecular weight excluding hydrogens is 216 g/mol. The molecule has 1 aromatic carbocycles. The van der Waals surface area contributed by atoms with Crippen LogP contribution >= 0.6 is 11.8 Å². The average Bonchev–Trinajstić information content (AvgIpc) is 2.81. The summed E-state index contributed by atoms with van der Waals surface area (Å²) < 4.78 is 0. The highest BCUT2D eigenvalue weighted by Gasteiger charge is 2.22. The van der Waals surface area contributed by atoms with Gasteiger partial charge in [-0.15, -0.1) is 0 Å². The van der Waals surface area contributed by atoms with Gasteiger partial charge in [-0.05, 0) is 30.7 Å². The molecule has 0 radical (unpaired) electrons. The predicted molar refractivity (Wildman–Crippen MR) is 70.0 cm³/mol. The smallest absolute Gasteiger partial charge is 0.101 e. The van der Waals surface area contributed by atoms with Gasteiger partial charge in [0.2, 0.25) is 0 Å². The normalized spacial score (nSPS) is 19.4. The van der Waals surface area contributed by atoms with E-state index in [0.29, 0.717) is 6.04 Å². The minimum Gasteiger partial charge on any atom is -0.369 e. The van der Waals surface area contributed by atoms with E-state index in [1.807, 2.05) is 23.9 Å². The van der Waals surface area contributed by atoms with Crippen molar-refractivity contribution in [3.05, 3.63) is 29.3 Å². The van der Waals surface area contributed by atoms with Gasteiger partial charge in [0, 0.05) is 18.8 Å². The van der Waals surface area contributed by atoms with E-state index in [0.717, 1.165) is 11.3 Å². The molecule has 2 nitrogen and oxygen atoms in total. The van der Waals surface area contributed by atoms with Crippen molar-refractivity contribution in [1.29, 1.82) is 5.26 Å². The number of para-hydroxylation sites is 1. The molecule has 0 aromatic heterocycles. The fourth-order valence-corrected chi connectivity index (χ4v) is 3.50. The number of hydrogen-bond donors (Lipinski definition) is 0. The first kappa shape index (κ1) is 11.3. The number of thioether (sulfide) groups is 1. The highest BCUT2D eigenvalue weighted by Crippen LogP contribution is 2.30. The van der Waals surface area contributed by atoms with Crippen molar-refractivity contribution >= 4 is 17.4 Å². The Bertz CT molecular complexity index is 416. The number of anilines is 1. The quantitative estimate of drug-likeness (QED) is 0.784. The molecular formula is C13H16N2S. The molecule has 0 saturated carbocycles. The van der Waals surface area contributed by atoms with Crippen LogP contribution in [-0.4, -0.2) is 24.6 Å². The van der Waals surface area contributed by atoms with Crippen LogP contribution in [0.3, 0.4) is 0 Å². The monoisotopic (exact) mass is 232 g/mol. The summed E-state index contributed by atoms with van der Waals surface area (Å²) in [7, 11) is 2.11. The van der Waals surface area contributed by atoms with Gasteiger partial charge < -0.3 is 4.90 Å². The number of nitrogens with zero attached hydrogens (tertiary/aromatic N) is 2. The summed E-state index contributed by atoms with van der Waals surface area (Å²) in [6.07, 6.45) is 1.22. The Morgan fingerprint density at radius 1 is 1.50 bits per heavy atom. The number of benzene rings is 1. The lowest BCUT2D eigenvalue weighted by atomic mass is 10.1. The summed E-state index contributed by atoms with van der Waals surface area (Å²) in [5.74, 6) is 2.42. The molecule has 3 heteroatoms. The topological polar surface area (TPSA) is 27.0 Å². The highest BCUT2D eigenvalue weighted by atomic mass is 32.2. The van der Waals surface area contributed by atoms with Crippen molar-refractivity contribution in [2.75, 3.05) is 23.5 Å². The largest absolute Gasteiger partial charge is 0.369 e. The Morgan fingerprint density at radius 2 is 2.31 bits per heavy atom. The summed E-state index contributed by atoms with van der Waals surface area (Å²) in [6.45, 7) is 2.08. The fourth-order valence-electron chi connectivity index (χ4n) is 2.23. The number of nitriles is 1. The van der Waals surface area contributed by atoms with Gasteiger partial charge in [-0.25, -0.2) is 0 Å². The Kier molecular flexibility index (Phi) is 3.40. The van der Waals surface area contributed by atoms with E-state index in [1.54, 1.807) is 0 Å². The minimum absolute atomic E-state index is 0.582. The zero-order chi connectivity index (χ0) is 11.5. The molecule has 1 aromatic rings. The first-order chi connectivity index (χ1) is 7.74. The third-order valence-corrected chi connectivity index (χ3v) is 4.31. The predicted octanol–water partition coefficient (Wildman–Crippen LogP) is 2.81. The first-order valence-electron chi connectivity index (χ1n) is 5.54. The third kappa shape index (κ3) is 2.03. The number of hydrogen-bond acceptors (Lipinski definition) is 3. The van der Waals surface area contributed by atoms with Gasteiger partial charge in [0.05, 0.1) is 11.3 Å². The lowest BCUT2D eigenvalue weighted by molar-refractivity contribution is 0.698. The molecule has 0 spiro atoms. The van der Waals surface area contributed by atoms with Crippen molar-refractivity contribution in [1.82, 2.24) is 0 Å². The van der Waals surface area contributed by atoms with Crippen molar-refractivity contribution in [3.63, 3.8) is 0 Å². The maximum Gasteiger partial charge on any atom is 0.101 e. The maximum atomic E-state index is 9.15. The van der Waals surface area contributed by atoms with E-state index >= 15 is 0 Å². The van der Waals surface area contributed by atoms with Crippen LogP contribution in [0.15, 0.2) is 18.2 Å². The molecule has 1 fully saturated rings. The van der Waals surface area contributed by atoms with Crippen LogP contribution < -0.4 is 4.90 Å². The molecule has 1 aliphatic rings. The summed E-state index contributed by atoms with van der Waals surface area (Å²) in [5.41, 5.74) is 3.09. The molecule has 0 bridgehead atoms. The summed E-state index contributed by atoms with van der Waals surface area (Å²) in [6, 6.07) is 8.81. The van der Waals surface area contributed by atoms with Crippen molar-refractivity contribution < 1.29 is 0 Å². The van der Waals surface area contributed by atoms with Crippen LogP contribution in [0.25, 0.3) is 0 Å². The summed E-state index contributed by atoms with van der Waals surface area (Å²) >= 11 is 2.00. The van der Waals surface area contributed by atoms with Crippen LogP contribution in [0.2, 0.25) is 0 Å². The molecule has 1 atom stereocenters. The molecule has 0 amide bonds. The fraction of sp³-hybridized carbons (Fsp3) is 0.462. The van der Waals surface area contributed by atoms with Crippen LogP contribution in [0, 0.1) is 18.3 Å². The lowest BCUT2D eigenvalue weighted by Crippen LogP contribution is -2.32. The van der Waals surface area contributed by atoms with Crippen molar-refractivity contribution in [3.8, 4) is 6.07 Å². The maximum absolute atomic E-state index is 9.15. The second-order valence-corrected chi connectivity index (χ2v) is 5.36. The molecule has 1 heterocycles. The van der Waals surface area contributed by atoms with E-state index in [4.69, 9.17) is 5.26 Å². The van der Waals surface area contributed by atoms with E-state index in [2.05, 4.69) is 31.0 Å². The van der Waals surface area contributed by atoms with Crippen LogP contribution in [-0.2, 0) is 0 Å². The van der Waals surface area contributed by atoms with E-state index in [1.165, 1.54) is 23.5 Å². The molecule has 1 unspecified atom stereocenters. The molecule has 16 heavy (non-hydrogen) atoms. The van der Waals surface area contributed by atoms with Gasteiger partial charge in [-0.2, -0.15) is 17.0 Å². The van der Waals surface area contributed by atoms with Gasteiger partial charge in [-0.3, -0.25) is 0 Å². The van der Waals surface area contributed by atoms with Gasteiger partial charge in [0.15, 0.2) is 0 Å². The highest BCUT2D eigenvalue weighted by molar-refractivity contribution is 7.99. The van der Waals surface area contributed by atoms with E-state index in [9.17, 15) is 0 Å². The molecule has 1 aliphatic heterocycles. The Labute approximate surface area is 101 Å². The molecule has 84 valence electrons. The second kappa shape index (κ2) is 4.80. The van der Waals surface area contributed by atoms with Gasteiger partial charge in [0.25, 0.3) is 0 Å². The zero-order valence-electron chi connectivity index (χ0n) is 9.73. The van der Waals surface area contributed by atoms with Crippen LogP contribution in [0.4, 0.5) is 5.69 Å². The molecule has 0 aliphatic carbocycles. The molecule has 1 saturated heterocycles. The van der Waals surface area contributed by atoms with Crippen molar-refractivity contribution in [2.24, 2.45) is 0 Å². The summed E-state index contributed by atoms with van der Waals surface area (Å²) in [5, 5.41) is 9.15. The summed E-state index contributed by atoms with van der Waals surface area (Å²) in [4.78, 5) is 2.29. The van der Waals surface area contributed by atoms with E-state index in [-0.39, 0.29) is 0 Å². The average molecular weight is 232 g/mol. The van der Waals surface area contributed by atoms with Crippen LogP contribution in [0.1, 0.15) is 17.5 Å². The number of aryl methyl sites for hydroxylation is 1. The Balaban J connectivity index is 2.35. The second-order valence-electron chi connectivity index (χ2n) is 4.21. The molecule has 0 N–H and O–H groups in total. The zero-order valence-corrected chi connectivity index (χ0v) is 10.5. The standard InChI is InChI=1S/C13H16N2S/c1-10-4-3-5-11(8-14)13(10)15(2)12-6-7-16-9-12/h3-5,12H,6-7,9H2,1-2H3. The van der Waals surface area contributed by atoms with Gasteiger partial charge in [0.1, 0.15) is 6.07 Å². The lowest BCUT2D eigenvalue weighted by Gasteiger charge is -2.28. The van der Waals surface area contributed by atoms with Gasteiger partial charge >= 0.3 is 0 Å². The SMILES string of the molecule is Cc1cccc(C#N)c1N(C)C1CCSC1. The number of rotatable bonds is 2. The van der Waals surface area contributed by atoms with Crippen molar-refractivity contribution in [2.45, 2.75) is 19.4 Å². The minimum atomic E-state index is 0.582. The van der Waals surface area contributed by atoms with E-state index < -0.39 is 0 Å². The molecule has 2 rings (SSSR count). The first-order valence-corrected chi connectivity index (χ1v) is 6.70. The van der Waals surface area contributed by atoms with Crippen LogP contribution in [0.5, 0.6) is 0 Å². The Hall–Kier alpha value is -1.14. The van der Waals surface area contributed by atoms with Gasteiger partial charge in [-0.1, -0.05) is 12.1 Å².